The van der Waals surface area contributed by atoms with Crippen LogP contribution in [0.3, 0.4) is 0 Å². The van der Waals surface area contributed by atoms with E-state index >= 15 is 0 Å². The average molecular weight is 1100 g/mol. The van der Waals surface area contributed by atoms with Crippen LogP contribution < -0.4 is 0 Å². The highest BCUT2D eigenvalue weighted by molar-refractivity contribution is 5.71. The quantitative estimate of drug-likeness (QED) is 0.0343. The van der Waals surface area contributed by atoms with Crippen LogP contribution in [0.4, 0.5) is 0 Å². The third-order valence-electron chi connectivity index (χ3n) is 17.1. The van der Waals surface area contributed by atoms with Crippen molar-refractivity contribution in [3.05, 3.63) is 0 Å². The average Bonchev–Trinajstić information content (AvgIpc) is 3.43. The molecule has 0 saturated heterocycles. The van der Waals surface area contributed by atoms with Gasteiger partial charge in [-0.3, -0.25) is 14.4 Å². The highest BCUT2D eigenvalue weighted by Crippen LogP contribution is 2.20. The predicted octanol–water partition coefficient (Wildman–Crippen LogP) is 24.3. The highest BCUT2D eigenvalue weighted by Gasteiger charge is 2.20. The van der Waals surface area contributed by atoms with Crippen LogP contribution >= 0.6 is 0 Å². The fourth-order valence-corrected chi connectivity index (χ4v) is 11.3. The summed E-state index contributed by atoms with van der Waals surface area (Å²) in [4.78, 5) is 38.5. The lowest BCUT2D eigenvalue weighted by Gasteiger charge is -2.18. The summed E-state index contributed by atoms with van der Waals surface area (Å²) in [6.07, 6.45) is 74.0. The van der Waals surface area contributed by atoms with Crippen molar-refractivity contribution in [1.82, 2.24) is 0 Å². The van der Waals surface area contributed by atoms with E-state index in [2.05, 4.69) is 34.6 Å². The fourth-order valence-electron chi connectivity index (χ4n) is 11.3. The molecule has 0 radical (unpaired) electrons. The normalized spacial score (nSPS) is 12.4. The third-order valence-corrected chi connectivity index (χ3v) is 17.1. The maximum absolute atomic E-state index is 13.0. The number of unbranched alkanes of at least 4 members (excludes halogenated alkanes) is 50. The second kappa shape index (κ2) is 64.6. The van der Waals surface area contributed by atoms with E-state index in [0.29, 0.717) is 19.3 Å². The Bertz CT molecular complexity index is 1200. The van der Waals surface area contributed by atoms with Gasteiger partial charge in [-0.2, -0.15) is 0 Å². The first kappa shape index (κ1) is 76.4. The zero-order valence-corrected chi connectivity index (χ0v) is 53.8. The number of hydrogen-bond acceptors (Lipinski definition) is 6. The molecule has 0 aliphatic heterocycles. The molecule has 1 unspecified atom stereocenters. The van der Waals surface area contributed by atoms with Gasteiger partial charge in [0.05, 0.1) is 0 Å². The molecule has 78 heavy (non-hydrogen) atoms. The van der Waals surface area contributed by atoms with Gasteiger partial charge in [-0.15, -0.1) is 0 Å². The molecule has 0 heterocycles. The summed E-state index contributed by atoms with van der Waals surface area (Å²) >= 11 is 0. The zero-order chi connectivity index (χ0) is 56.7. The van der Waals surface area contributed by atoms with Crippen LogP contribution in [-0.2, 0) is 28.6 Å². The monoisotopic (exact) mass is 1100 g/mol. The van der Waals surface area contributed by atoms with Crippen molar-refractivity contribution in [2.24, 2.45) is 11.8 Å². The molecule has 0 rings (SSSR count). The molecule has 2 atom stereocenters. The van der Waals surface area contributed by atoms with Crippen molar-refractivity contribution in [1.29, 1.82) is 0 Å². The van der Waals surface area contributed by atoms with Gasteiger partial charge in [0, 0.05) is 19.3 Å². The standard InChI is InChI=1S/C72H140O6/c1-6-8-9-10-11-12-13-14-15-16-17-21-27-32-37-42-47-52-57-62-70(73)76-65-69(66-77-71(74)63-58-53-48-43-38-33-28-24-23-25-30-35-40-45-50-55-60-67(3)4)78-72(75)64-59-54-49-44-39-34-29-22-19-18-20-26-31-36-41-46-51-56-61-68(5)7-2/h67-69H,6-66H2,1-5H3/t68?,69-/m0/s1. The first-order valence-corrected chi connectivity index (χ1v) is 35.8. The maximum Gasteiger partial charge on any atom is 0.306 e. The zero-order valence-electron chi connectivity index (χ0n) is 53.8. The fraction of sp³-hybridized carbons (Fsp3) is 0.958. The summed E-state index contributed by atoms with van der Waals surface area (Å²) < 4.78 is 17.0. The number of esters is 3. The minimum absolute atomic E-state index is 0.0610. The second-order valence-corrected chi connectivity index (χ2v) is 25.6. The summed E-state index contributed by atoms with van der Waals surface area (Å²) in [7, 11) is 0. The van der Waals surface area contributed by atoms with Gasteiger partial charge in [-0.25, -0.2) is 0 Å². The minimum atomic E-state index is -0.765. The topological polar surface area (TPSA) is 78.9 Å². The molecule has 0 amide bonds. The van der Waals surface area contributed by atoms with Crippen molar-refractivity contribution in [3.8, 4) is 0 Å². The van der Waals surface area contributed by atoms with Crippen LogP contribution in [0.1, 0.15) is 413 Å². The van der Waals surface area contributed by atoms with Crippen molar-refractivity contribution < 1.29 is 28.6 Å². The Hall–Kier alpha value is -1.59. The van der Waals surface area contributed by atoms with Crippen LogP contribution in [0.15, 0.2) is 0 Å². The SMILES string of the molecule is CCCCCCCCCCCCCCCCCCCCCC(=O)OC[C@@H](COC(=O)CCCCCCCCCCCCCCCCCCC(C)C)OC(=O)CCCCCCCCCCCCCCCCCCCCC(C)CC. The van der Waals surface area contributed by atoms with E-state index in [1.807, 2.05) is 0 Å². The lowest BCUT2D eigenvalue weighted by atomic mass is 9.99. The maximum atomic E-state index is 13.0. The first-order valence-electron chi connectivity index (χ1n) is 35.8. The largest absolute Gasteiger partial charge is 0.462 e. The summed E-state index contributed by atoms with van der Waals surface area (Å²) in [5.74, 6) is 0.939. The van der Waals surface area contributed by atoms with E-state index in [1.165, 1.54) is 302 Å². The van der Waals surface area contributed by atoms with Gasteiger partial charge < -0.3 is 14.2 Å². The predicted molar refractivity (Wildman–Crippen MR) is 340 cm³/mol. The molecule has 0 aliphatic carbocycles. The van der Waals surface area contributed by atoms with Crippen LogP contribution in [-0.4, -0.2) is 37.2 Å². The van der Waals surface area contributed by atoms with Crippen LogP contribution in [0.5, 0.6) is 0 Å². The first-order chi connectivity index (χ1) is 38.3. The van der Waals surface area contributed by atoms with E-state index in [0.717, 1.165) is 69.6 Å². The molecular formula is C72H140O6. The van der Waals surface area contributed by atoms with Crippen molar-refractivity contribution in [3.63, 3.8) is 0 Å². The lowest BCUT2D eigenvalue weighted by Crippen LogP contribution is -2.30. The lowest BCUT2D eigenvalue weighted by molar-refractivity contribution is -0.167. The second-order valence-electron chi connectivity index (χ2n) is 25.6. The summed E-state index contributed by atoms with van der Waals surface area (Å²) in [6.45, 7) is 11.5. The van der Waals surface area contributed by atoms with E-state index in [9.17, 15) is 14.4 Å². The third kappa shape index (κ3) is 63.6. The summed E-state index contributed by atoms with van der Waals surface area (Å²) in [5.41, 5.74) is 0. The van der Waals surface area contributed by atoms with Gasteiger partial charge in [0.15, 0.2) is 6.10 Å². The molecule has 6 nitrogen and oxygen atoms in total. The van der Waals surface area contributed by atoms with Gasteiger partial charge in [0.2, 0.25) is 0 Å². The molecule has 0 fully saturated rings. The Balaban J connectivity index is 4.28. The summed E-state index contributed by atoms with van der Waals surface area (Å²) in [5, 5.41) is 0. The molecule has 0 aliphatic rings. The van der Waals surface area contributed by atoms with Gasteiger partial charge in [0.25, 0.3) is 0 Å². The van der Waals surface area contributed by atoms with Crippen LogP contribution in [0, 0.1) is 11.8 Å². The molecule has 0 aromatic carbocycles. The number of carbonyl (C=O) groups is 3. The Morgan fingerprint density at radius 1 is 0.269 bits per heavy atom. The van der Waals surface area contributed by atoms with E-state index in [4.69, 9.17) is 14.2 Å². The van der Waals surface area contributed by atoms with Gasteiger partial charge in [0.1, 0.15) is 13.2 Å². The molecule has 0 spiro atoms. The molecule has 464 valence electrons. The Morgan fingerprint density at radius 3 is 0.731 bits per heavy atom. The Labute approximate surface area is 488 Å². The van der Waals surface area contributed by atoms with Crippen LogP contribution in [0.2, 0.25) is 0 Å². The molecule has 0 bridgehead atoms. The van der Waals surface area contributed by atoms with Gasteiger partial charge in [-0.1, -0.05) is 375 Å². The molecule has 6 heteroatoms. The smallest absolute Gasteiger partial charge is 0.306 e. The van der Waals surface area contributed by atoms with Gasteiger partial charge >= 0.3 is 17.9 Å². The number of hydrogen-bond donors (Lipinski definition) is 0. The molecular weight excluding hydrogens is 961 g/mol. The summed E-state index contributed by atoms with van der Waals surface area (Å²) in [6, 6.07) is 0. The molecule has 0 aromatic rings. The van der Waals surface area contributed by atoms with Crippen molar-refractivity contribution >= 4 is 17.9 Å². The van der Waals surface area contributed by atoms with E-state index < -0.39 is 6.10 Å². The van der Waals surface area contributed by atoms with Gasteiger partial charge in [-0.05, 0) is 31.1 Å². The Kier molecular flexibility index (Phi) is 63.3. The molecule has 0 N–H and O–H groups in total. The number of ether oxygens (including phenoxy) is 3. The van der Waals surface area contributed by atoms with Crippen LogP contribution in [0.25, 0.3) is 0 Å². The number of carbonyl (C=O) groups excluding carboxylic acids is 3. The molecule has 0 saturated carbocycles. The Morgan fingerprint density at radius 2 is 0.487 bits per heavy atom. The molecule has 0 aromatic heterocycles. The highest BCUT2D eigenvalue weighted by atomic mass is 16.6. The van der Waals surface area contributed by atoms with Crippen molar-refractivity contribution in [2.75, 3.05) is 13.2 Å². The van der Waals surface area contributed by atoms with E-state index in [1.54, 1.807) is 0 Å². The minimum Gasteiger partial charge on any atom is -0.462 e. The van der Waals surface area contributed by atoms with E-state index in [-0.39, 0.29) is 31.1 Å². The van der Waals surface area contributed by atoms with Crippen molar-refractivity contribution in [2.45, 2.75) is 420 Å². The number of rotatable bonds is 66.